The molecular weight excluding hydrogens is 427 g/mol. The first kappa shape index (κ1) is 21.5. The highest BCUT2D eigenvalue weighted by Gasteiger charge is 2.11. The van der Waals surface area contributed by atoms with Gasteiger partial charge in [0.15, 0.2) is 11.5 Å². The van der Waals surface area contributed by atoms with Crippen LogP contribution in [0.2, 0.25) is 0 Å². The van der Waals surface area contributed by atoms with Crippen molar-refractivity contribution >= 4 is 28.4 Å². The van der Waals surface area contributed by atoms with Gasteiger partial charge in [-0.05, 0) is 59.7 Å². The first-order valence-electron chi connectivity index (χ1n) is 9.78. The number of hydrogen-bond acceptors (Lipinski definition) is 6. The molecule has 0 aliphatic heterocycles. The van der Waals surface area contributed by atoms with Crippen LogP contribution in [0, 0.1) is 27.3 Å². The molecule has 0 saturated carbocycles. The second-order valence-electron chi connectivity index (χ2n) is 7.04. The summed E-state index contributed by atoms with van der Waals surface area (Å²) in [5.74, 6) is 0.866. The smallest absolute Gasteiger partial charge is 0.269 e. The summed E-state index contributed by atoms with van der Waals surface area (Å²) in [7, 11) is 1.50. The van der Waals surface area contributed by atoms with Crippen molar-refractivity contribution < 1.29 is 18.8 Å². The van der Waals surface area contributed by atoms with Gasteiger partial charge < -0.3 is 14.5 Å². The van der Waals surface area contributed by atoms with Gasteiger partial charge in [0.1, 0.15) is 24.3 Å². The van der Waals surface area contributed by atoms with Gasteiger partial charge in [0.2, 0.25) is 0 Å². The van der Waals surface area contributed by atoms with E-state index in [-0.39, 0.29) is 17.9 Å². The first-order chi connectivity index (χ1) is 16.0. The van der Waals surface area contributed by atoms with Crippen molar-refractivity contribution in [1.29, 1.82) is 5.26 Å². The number of nitriles is 1. The van der Waals surface area contributed by atoms with E-state index in [1.807, 2.05) is 0 Å². The predicted molar refractivity (Wildman–Crippen MR) is 120 cm³/mol. The van der Waals surface area contributed by atoms with E-state index >= 15 is 0 Å². The molecule has 1 heterocycles. The summed E-state index contributed by atoms with van der Waals surface area (Å²) in [6.07, 6.45) is 1.64. The van der Waals surface area contributed by atoms with E-state index < -0.39 is 10.7 Å². The molecule has 0 saturated heterocycles. The van der Waals surface area contributed by atoms with Crippen molar-refractivity contribution in [3.63, 3.8) is 0 Å². The number of aromatic amines is 1. The van der Waals surface area contributed by atoms with Crippen molar-refractivity contribution in [3.05, 3.63) is 93.5 Å². The lowest BCUT2D eigenvalue weighted by Crippen LogP contribution is -1.98. The van der Waals surface area contributed by atoms with Crippen LogP contribution in [0.5, 0.6) is 11.5 Å². The highest BCUT2D eigenvalue weighted by molar-refractivity contribution is 5.90. The topological polar surface area (TPSA) is 114 Å². The second-order valence-corrected chi connectivity index (χ2v) is 7.04. The molecule has 0 atom stereocenters. The number of hydrogen-bond donors (Lipinski definition) is 1. The van der Waals surface area contributed by atoms with E-state index in [9.17, 15) is 19.8 Å². The van der Waals surface area contributed by atoms with Gasteiger partial charge in [-0.25, -0.2) is 9.37 Å². The lowest BCUT2D eigenvalue weighted by Gasteiger charge is -2.11. The molecule has 8 nitrogen and oxygen atoms in total. The molecule has 3 aromatic carbocycles. The maximum absolute atomic E-state index is 13.4. The van der Waals surface area contributed by atoms with Crippen LogP contribution >= 0.6 is 0 Å². The number of nitro benzene ring substituents is 1. The molecule has 33 heavy (non-hydrogen) atoms. The largest absolute Gasteiger partial charge is 0.493 e. The highest BCUT2D eigenvalue weighted by Crippen LogP contribution is 2.30. The Morgan fingerprint density at radius 2 is 1.97 bits per heavy atom. The molecule has 0 unspecified atom stereocenters. The zero-order valence-electron chi connectivity index (χ0n) is 17.4. The van der Waals surface area contributed by atoms with Crippen LogP contribution in [0.1, 0.15) is 17.0 Å². The van der Waals surface area contributed by atoms with E-state index in [1.54, 1.807) is 42.5 Å². The third kappa shape index (κ3) is 4.80. The summed E-state index contributed by atoms with van der Waals surface area (Å²) >= 11 is 0. The van der Waals surface area contributed by atoms with Crippen LogP contribution in [0.4, 0.5) is 10.1 Å². The van der Waals surface area contributed by atoms with E-state index in [4.69, 9.17) is 9.47 Å². The SMILES string of the molecule is COc1cc(/C=C(/C#N)c2nc3ccc(F)cc3[nH]2)ccc1OCc1ccc([N+](=O)[O-])cc1. The normalized spacial score (nSPS) is 11.2. The van der Waals surface area contributed by atoms with E-state index in [2.05, 4.69) is 16.0 Å². The van der Waals surface area contributed by atoms with Crippen molar-refractivity contribution in [1.82, 2.24) is 9.97 Å². The number of non-ortho nitro benzene ring substituents is 1. The number of allylic oxidation sites excluding steroid dienone is 1. The number of nitrogens with one attached hydrogen (secondary N) is 1. The van der Waals surface area contributed by atoms with Gasteiger partial charge in [0.05, 0.1) is 28.6 Å². The quantitative estimate of drug-likeness (QED) is 0.236. The van der Waals surface area contributed by atoms with Crippen LogP contribution in [-0.4, -0.2) is 22.0 Å². The lowest BCUT2D eigenvalue weighted by atomic mass is 10.1. The maximum atomic E-state index is 13.4. The molecule has 0 radical (unpaired) electrons. The summed E-state index contributed by atoms with van der Waals surface area (Å²) in [6.45, 7) is 0.197. The summed E-state index contributed by atoms with van der Waals surface area (Å²) in [4.78, 5) is 17.6. The Morgan fingerprint density at radius 3 is 2.67 bits per heavy atom. The number of methoxy groups -OCH3 is 1. The standard InChI is InChI=1S/C24H17FN4O4/c1-32-23-11-16(4-9-22(23)33-14-15-2-6-19(7-3-15)29(30)31)10-17(13-26)24-27-20-8-5-18(25)12-21(20)28-24/h2-12H,14H2,1H3,(H,27,28)/b17-10-. The Kier molecular flexibility index (Phi) is 6.00. The number of aromatic nitrogens is 2. The molecule has 164 valence electrons. The number of imidazole rings is 1. The average molecular weight is 444 g/mol. The van der Waals surface area contributed by atoms with Gasteiger partial charge >= 0.3 is 0 Å². The number of halogens is 1. The number of benzene rings is 3. The fraction of sp³-hybridized carbons (Fsp3) is 0.0833. The molecule has 0 aliphatic rings. The van der Waals surface area contributed by atoms with E-state index in [0.717, 1.165) is 5.56 Å². The fourth-order valence-electron chi connectivity index (χ4n) is 3.20. The molecule has 1 N–H and O–H groups in total. The number of ether oxygens (including phenoxy) is 2. The van der Waals surface area contributed by atoms with Crippen LogP contribution in [-0.2, 0) is 6.61 Å². The monoisotopic (exact) mass is 444 g/mol. The Balaban J connectivity index is 1.55. The number of nitrogens with zero attached hydrogens (tertiary/aromatic N) is 3. The Hall–Kier alpha value is -4.71. The first-order valence-corrected chi connectivity index (χ1v) is 9.78. The van der Waals surface area contributed by atoms with Gasteiger partial charge in [0, 0.05) is 12.1 Å². The van der Waals surface area contributed by atoms with Gasteiger partial charge in [-0.15, -0.1) is 0 Å². The number of fused-ring (bicyclic) bond motifs is 1. The third-order valence-corrected chi connectivity index (χ3v) is 4.86. The molecule has 1 aromatic heterocycles. The minimum atomic E-state index is -0.459. The highest BCUT2D eigenvalue weighted by atomic mass is 19.1. The van der Waals surface area contributed by atoms with E-state index in [1.165, 1.54) is 31.4 Å². The predicted octanol–water partition coefficient (Wildman–Crippen LogP) is 5.26. The van der Waals surface area contributed by atoms with Gasteiger partial charge in [-0.1, -0.05) is 6.07 Å². The van der Waals surface area contributed by atoms with Gasteiger partial charge in [0.25, 0.3) is 5.69 Å². The second kappa shape index (κ2) is 9.20. The zero-order valence-corrected chi connectivity index (χ0v) is 17.4. The molecule has 0 bridgehead atoms. The maximum Gasteiger partial charge on any atom is 0.269 e. The molecule has 9 heteroatoms. The Bertz CT molecular complexity index is 1400. The van der Waals surface area contributed by atoms with Crippen LogP contribution in [0.25, 0.3) is 22.7 Å². The number of H-pyrrole nitrogens is 1. The molecule has 0 fully saturated rings. The zero-order chi connectivity index (χ0) is 23.4. The summed E-state index contributed by atoms with van der Waals surface area (Å²) in [5.41, 5.74) is 2.78. The van der Waals surface area contributed by atoms with Gasteiger partial charge in [-0.2, -0.15) is 5.26 Å². The van der Waals surface area contributed by atoms with Crippen LogP contribution < -0.4 is 9.47 Å². The summed E-state index contributed by atoms with van der Waals surface area (Å²) < 4.78 is 24.7. The fourth-order valence-corrected chi connectivity index (χ4v) is 3.20. The third-order valence-electron chi connectivity index (χ3n) is 4.86. The van der Waals surface area contributed by atoms with E-state index in [0.29, 0.717) is 33.9 Å². The molecule has 0 amide bonds. The minimum Gasteiger partial charge on any atom is -0.493 e. The van der Waals surface area contributed by atoms with Gasteiger partial charge in [-0.3, -0.25) is 10.1 Å². The Morgan fingerprint density at radius 1 is 1.18 bits per heavy atom. The van der Waals surface area contributed by atoms with Crippen LogP contribution in [0.3, 0.4) is 0 Å². The minimum absolute atomic E-state index is 0.00959. The van der Waals surface area contributed by atoms with Crippen LogP contribution in [0.15, 0.2) is 60.7 Å². The summed E-state index contributed by atoms with van der Waals surface area (Å²) in [6, 6.07) is 17.5. The number of rotatable bonds is 7. The molecule has 0 spiro atoms. The summed E-state index contributed by atoms with van der Waals surface area (Å²) in [5, 5.41) is 20.4. The molecular formula is C24H17FN4O4. The van der Waals surface area contributed by atoms with Crippen molar-refractivity contribution in [3.8, 4) is 17.6 Å². The Labute approximate surface area is 187 Å². The lowest BCUT2D eigenvalue weighted by molar-refractivity contribution is -0.384. The molecule has 4 rings (SSSR count). The average Bonchev–Trinajstić information content (AvgIpc) is 3.24. The molecule has 4 aromatic rings. The number of nitro groups is 1. The van der Waals surface area contributed by atoms with Crippen molar-refractivity contribution in [2.24, 2.45) is 0 Å². The van der Waals surface area contributed by atoms with Crippen molar-refractivity contribution in [2.45, 2.75) is 6.61 Å². The van der Waals surface area contributed by atoms with Crippen molar-refractivity contribution in [2.75, 3.05) is 7.11 Å². The molecule has 0 aliphatic carbocycles.